The highest BCUT2D eigenvalue weighted by Gasteiger charge is 2.57. The maximum absolute atomic E-state index is 11.5. The molecule has 8 nitrogen and oxygen atoms in total. The average molecular weight is 243 g/mol. The molecule has 0 saturated carbocycles. The first-order chi connectivity index (χ1) is 7.94. The van der Waals surface area contributed by atoms with Crippen LogP contribution >= 0.6 is 0 Å². The maximum atomic E-state index is 11.5. The van der Waals surface area contributed by atoms with Gasteiger partial charge in [-0.2, -0.15) is 0 Å². The molecule has 0 radical (unpaired) electrons. The van der Waals surface area contributed by atoms with Crippen LogP contribution in [-0.2, 0) is 19.0 Å². The summed E-state index contributed by atoms with van der Waals surface area (Å²) in [4.78, 5) is 14.0. The fourth-order valence-electron chi connectivity index (χ4n) is 2.00. The molecule has 94 valence electrons. The second kappa shape index (κ2) is 4.15. The summed E-state index contributed by atoms with van der Waals surface area (Å²) in [6, 6.07) is 0. The molecule has 0 bridgehead atoms. The number of aliphatic hydroxyl groups is 1. The lowest BCUT2D eigenvalue weighted by molar-refractivity contribution is -0.193. The predicted molar refractivity (Wildman–Crippen MR) is 53.7 cm³/mol. The summed E-state index contributed by atoms with van der Waals surface area (Å²) in [5.41, 5.74) is 8.16. The molecule has 0 amide bonds. The van der Waals surface area contributed by atoms with Crippen LogP contribution < -0.4 is 0 Å². The summed E-state index contributed by atoms with van der Waals surface area (Å²) >= 11 is 0. The molecule has 2 heterocycles. The van der Waals surface area contributed by atoms with E-state index in [0.29, 0.717) is 0 Å². The highest BCUT2D eigenvalue weighted by atomic mass is 16.8. The van der Waals surface area contributed by atoms with Crippen LogP contribution in [0.5, 0.6) is 0 Å². The van der Waals surface area contributed by atoms with Crippen LogP contribution in [0.25, 0.3) is 10.4 Å². The number of esters is 1. The van der Waals surface area contributed by atoms with Gasteiger partial charge in [0.1, 0.15) is 6.10 Å². The van der Waals surface area contributed by atoms with Crippen molar-refractivity contribution in [1.82, 2.24) is 0 Å². The predicted octanol–water partition coefficient (Wildman–Crippen LogP) is 0.103. The normalized spacial score (nSPS) is 35.9. The Hall–Kier alpha value is -1.34. The Morgan fingerprint density at radius 2 is 2.29 bits per heavy atom. The molecule has 0 unspecified atom stereocenters. The van der Waals surface area contributed by atoms with Gasteiger partial charge in [-0.15, -0.1) is 0 Å². The second-order valence-corrected chi connectivity index (χ2v) is 4.40. The van der Waals surface area contributed by atoms with Gasteiger partial charge in [0.25, 0.3) is 0 Å². The molecule has 1 N–H and O–H groups in total. The molecule has 0 spiro atoms. The van der Waals surface area contributed by atoms with Crippen LogP contribution in [0.3, 0.4) is 0 Å². The quantitative estimate of drug-likeness (QED) is 0.327. The van der Waals surface area contributed by atoms with Gasteiger partial charge in [-0.25, -0.2) is 4.79 Å². The average Bonchev–Trinajstić information content (AvgIpc) is 2.71. The molecule has 0 aromatic heterocycles. The number of rotatable bonds is 3. The van der Waals surface area contributed by atoms with Crippen molar-refractivity contribution in [2.45, 2.75) is 44.1 Å². The molecule has 8 heteroatoms. The molecule has 2 aliphatic rings. The van der Waals surface area contributed by atoms with Crippen molar-refractivity contribution in [2.24, 2.45) is 5.11 Å². The summed E-state index contributed by atoms with van der Waals surface area (Å²) < 4.78 is 15.8. The number of carbonyl (C=O) groups excluding carboxylic acids is 1. The molecular formula is C9H13N3O5. The van der Waals surface area contributed by atoms with E-state index in [9.17, 15) is 9.90 Å². The molecule has 0 aromatic rings. The Bertz CT molecular complexity index is 379. The number of cyclic esters (lactones) is 1. The van der Waals surface area contributed by atoms with E-state index >= 15 is 0 Å². The van der Waals surface area contributed by atoms with Crippen LogP contribution in [0.1, 0.15) is 13.8 Å². The smallest absolute Gasteiger partial charge is 0.338 e. The first-order valence-electron chi connectivity index (χ1n) is 5.19. The largest absolute Gasteiger partial charge is 0.455 e. The molecule has 0 aromatic carbocycles. The van der Waals surface area contributed by atoms with Crippen molar-refractivity contribution >= 4 is 5.97 Å². The maximum Gasteiger partial charge on any atom is 0.338 e. The van der Waals surface area contributed by atoms with Gasteiger partial charge in [-0.1, -0.05) is 5.11 Å². The van der Waals surface area contributed by atoms with E-state index in [2.05, 4.69) is 10.0 Å². The number of nitrogens with zero attached hydrogens (tertiary/aromatic N) is 3. The van der Waals surface area contributed by atoms with E-state index in [4.69, 9.17) is 19.7 Å². The molecule has 2 rings (SSSR count). The van der Waals surface area contributed by atoms with Crippen molar-refractivity contribution < 1.29 is 24.1 Å². The lowest BCUT2D eigenvalue weighted by Crippen LogP contribution is -2.40. The SMILES string of the molecule is CC1(C)O[C@@H]2[C@@H]([C@H](O)CN=[N+]=[N-])OC(=O)[C@H]2O1. The first kappa shape index (κ1) is 12.1. The molecule has 4 atom stereocenters. The monoisotopic (exact) mass is 243 g/mol. The van der Waals surface area contributed by atoms with Crippen molar-refractivity contribution in [3.05, 3.63) is 10.4 Å². The molecule has 0 aliphatic carbocycles. The molecule has 2 aliphatic heterocycles. The summed E-state index contributed by atoms with van der Waals surface area (Å²) in [7, 11) is 0. The van der Waals surface area contributed by atoms with Crippen molar-refractivity contribution in [1.29, 1.82) is 0 Å². The zero-order valence-electron chi connectivity index (χ0n) is 9.44. The van der Waals surface area contributed by atoms with E-state index in [1.807, 2.05) is 0 Å². The Kier molecular flexibility index (Phi) is 2.96. The minimum absolute atomic E-state index is 0.179. The Morgan fingerprint density at radius 3 is 2.94 bits per heavy atom. The number of aliphatic hydroxyl groups excluding tert-OH is 1. The van der Waals surface area contributed by atoms with Crippen LogP contribution in [0.15, 0.2) is 5.11 Å². The minimum Gasteiger partial charge on any atom is -0.455 e. The molecule has 17 heavy (non-hydrogen) atoms. The fourth-order valence-corrected chi connectivity index (χ4v) is 2.00. The number of ether oxygens (including phenoxy) is 3. The summed E-state index contributed by atoms with van der Waals surface area (Å²) in [5, 5.41) is 13.0. The third kappa shape index (κ3) is 2.20. The van der Waals surface area contributed by atoms with Crippen molar-refractivity contribution in [3.63, 3.8) is 0 Å². The summed E-state index contributed by atoms with van der Waals surface area (Å²) in [5.74, 6) is -1.45. The highest BCUT2D eigenvalue weighted by Crippen LogP contribution is 2.37. The Balaban J connectivity index is 2.10. The van der Waals surface area contributed by atoms with Crippen LogP contribution in [-0.4, -0.2) is 47.8 Å². The van der Waals surface area contributed by atoms with Gasteiger partial charge >= 0.3 is 5.97 Å². The standard InChI is InChI=1S/C9H13N3O5/c1-9(2)16-6-5(4(13)3-11-12-10)15-8(14)7(6)17-9/h4-7,13H,3H2,1-2H3/t4-,5-,6-,7+/m1/s1. The van der Waals surface area contributed by atoms with Crippen LogP contribution in [0.4, 0.5) is 0 Å². The van der Waals surface area contributed by atoms with E-state index in [-0.39, 0.29) is 6.54 Å². The van der Waals surface area contributed by atoms with Crippen molar-refractivity contribution in [2.75, 3.05) is 6.54 Å². The number of hydrogen-bond donors (Lipinski definition) is 1. The second-order valence-electron chi connectivity index (χ2n) is 4.40. The van der Waals surface area contributed by atoms with Gasteiger partial charge in [0.15, 0.2) is 18.0 Å². The molecule has 2 fully saturated rings. The third-order valence-corrected chi connectivity index (χ3v) is 2.65. The van der Waals surface area contributed by atoms with Gasteiger partial charge in [-0.05, 0) is 19.4 Å². The number of carbonyl (C=O) groups is 1. The van der Waals surface area contributed by atoms with Crippen molar-refractivity contribution in [3.8, 4) is 0 Å². The first-order valence-corrected chi connectivity index (χ1v) is 5.19. The Morgan fingerprint density at radius 1 is 1.59 bits per heavy atom. The lowest BCUT2D eigenvalue weighted by Gasteiger charge is -2.23. The summed E-state index contributed by atoms with van der Waals surface area (Å²) in [6.07, 6.45) is -3.45. The zero-order chi connectivity index (χ0) is 12.6. The van der Waals surface area contributed by atoms with E-state index < -0.39 is 36.2 Å². The number of fused-ring (bicyclic) bond motifs is 1. The van der Waals surface area contributed by atoms with Gasteiger partial charge in [-0.3, -0.25) is 0 Å². The van der Waals surface area contributed by atoms with Crippen LogP contribution in [0, 0.1) is 0 Å². The zero-order valence-corrected chi connectivity index (χ0v) is 9.44. The minimum atomic E-state index is -1.10. The van der Waals surface area contributed by atoms with E-state index in [1.165, 1.54) is 0 Å². The van der Waals surface area contributed by atoms with Gasteiger partial charge in [0, 0.05) is 4.91 Å². The number of azide groups is 1. The lowest BCUT2D eigenvalue weighted by atomic mass is 10.1. The molecular weight excluding hydrogens is 230 g/mol. The van der Waals surface area contributed by atoms with Crippen LogP contribution in [0.2, 0.25) is 0 Å². The van der Waals surface area contributed by atoms with E-state index in [1.54, 1.807) is 13.8 Å². The Labute approximate surface area is 97.1 Å². The topological polar surface area (TPSA) is 114 Å². The highest BCUT2D eigenvalue weighted by molar-refractivity contribution is 5.78. The molecule has 2 saturated heterocycles. The van der Waals surface area contributed by atoms with Gasteiger partial charge in [0.2, 0.25) is 0 Å². The van der Waals surface area contributed by atoms with E-state index in [0.717, 1.165) is 0 Å². The fraction of sp³-hybridized carbons (Fsp3) is 0.889. The third-order valence-electron chi connectivity index (χ3n) is 2.65. The van der Waals surface area contributed by atoms with Gasteiger partial charge < -0.3 is 19.3 Å². The number of hydrogen-bond acceptors (Lipinski definition) is 6. The summed E-state index contributed by atoms with van der Waals surface area (Å²) in [6.45, 7) is 3.17. The van der Waals surface area contributed by atoms with Gasteiger partial charge in [0.05, 0.1) is 12.6 Å².